The largest absolute Gasteiger partial charge is 0.506 e. The fraction of sp³-hybridized carbons (Fsp3) is 0.355. The van der Waals surface area contributed by atoms with Crippen LogP contribution in [0.5, 0.6) is 5.75 Å². The number of ketones is 1. The summed E-state index contributed by atoms with van der Waals surface area (Å²) in [6.07, 6.45) is 4.87. The Morgan fingerprint density at radius 2 is 2.05 bits per heavy atom. The molecular weight excluding hydrogens is 462 g/mol. The summed E-state index contributed by atoms with van der Waals surface area (Å²) in [5.41, 5.74) is 7.34. The average molecular weight is 495 g/mol. The normalized spacial score (nSPS) is 30.4. The third-order valence-corrected chi connectivity index (χ3v) is 10.1. The predicted molar refractivity (Wildman–Crippen MR) is 144 cm³/mol. The van der Waals surface area contributed by atoms with E-state index in [4.69, 9.17) is 0 Å². The van der Waals surface area contributed by atoms with Gasteiger partial charge in [0.25, 0.3) is 0 Å². The van der Waals surface area contributed by atoms with Crippen LogP contribution in [-0.2, 0) is 17.3 Å². The molecule has 1 aliphatic carbocycles. The van der Waals surface area contributed by atoms with Crippen molar-refractivity contribution in [1.29, 1.82) is 0 Å². The topological polar surface area (TPSA) is 71.3 Å². The minimum absolute atomic E-state index is 0.0540. The summed E-state index contributed by atoms with van der Waals surface area (Å²) in [5, 5.41) is 15.3. The van der Waals surface area contributed by atoms with Crippen LogP contribution >= 0.6 is 0 Å². The molecule has 37 heavy (non-hydrogen) atoms. The summed E-state index contributed by atoms with van der Waals surface area (Å²) in [6, 6.07) is 14.0. The van der Waals surface area contributed by atoms with Gasteiger partial charge in [-0.05, 0) is 37.1 Å². The summed E-state index contributed by atoms with van der Waals surface area (Å²) >= 11 is 0. The number of hydrogen-bond donors (Lipinski definition) is 2. The Bertz CT molecular complexity index is 1590. The van der Waals surface area contributed by atoms with Crippen LogP contribution in [-0.4, -0.2) is 51.9 Å². The van der Waals surface area contributed by atoms with E-state index < -0.39 is 0 Å². The number of phenolic OH excluding ortho intramolecular Hbond substituents is 1. The second-order valence-corrected chi connectivity index (χ2v) is 11.4. The molecule has 2 bridgehead atoms. The van der Waals surface area contributed by atoms with Gasteiger partial charge >= 0.3 is 0 Å². The first-order chi connectivity index (χ1) is 17.9. The summed E-state index contributed by atoms with van der Waals surface area (Å²) in [7, 11) is 2.03. The first kappa shape index (κ1) is 22.5. The van der Waals surface area contributed by atoms with Crippen LogP contribution in [0.2, 0.25) is 0 Å². The van der Waals surface area contributed by atoms with Gasteiger partial charge in [0.15, 0.2) is 0 Å². The van der Waals surface area contributed by atoms with E-state index >= 15 is 0 Å². The maximum atomic E-state index is 14.2. The molecule has 188 valence electrons. The van der Waals surface area contributed by atoms with Gasteiger partial charge in [0, 0.05) is 53.7 Å². The van der Waals surface area contributed by atoms with Gasteiger partial charge in [-0.1, -0.05) is 36.4 Å². The number of quaternary nitrogens is 1. The number of anilines is 1. The number of aldehydes is 1. The third kappa shape index (κ3) is 2.64. The monoisotopic (exact) mass is 494 g/mol. The van der Waals surface area contributed by atoms with E-state index in [1.54, 1.807) is 6.07 Å². The first-order valence-corrected chi connectivity index (χ1v) is 13.2. The molecule has 3 aliphatic heterocycles. The van der Waals surface area contributed by atoms with Gasteiger partial charge in [-0.2, -0.15) is 0 Å². The zero-order valence-electron chi connectivity index (χ0n) is 21.5. The number of fused-ring (bicyclic) bond motifs is 3. The molecule has 0 saturated carbocycles. The number of nitrogens with zero attached hydrogens (tertiary/aromatic N) is 2. The lowest BCUT2D eigenvalue weighted by Gasteiger charge is -2.53. The lowest BCUT2D eigenvalue weighted by Crippen LogP contribution is -2.64. The van der Waals surface area contributed by atoms with Crippen molar-refractivity contribution >= 4 is 28.7 Å². The van der Waals surface area contributed by atoms with Crippen molar-refractivity contribution < 1.29 is 19.2 Å². The number of rotatable bonds is 4. The van der Waals surface area contributed by atoms with E-state index in [-0.39, 0.29) is 28.9 Å². The van der Waals surface area contributed by atoms with Crippen molar-refractivity contribution in [2.45, 2.75) is 38.1 Å². The Morgan fingerprint density at radius 1 is 1.24 bits per heavy atom. The highest BCUT2D eigenvalue weighted by Gasteiger charge is 2.69. The van der Waals surface area contributed by atoms with E-state index in [1.165, 1.54) is 5.57 Å². The SMILES string of the molecule is C/C=C1/C[N@@+]2(CC(=O)c3c(C)n(C)c4ccccc34)CC[C@]34C(=C(C=O)[C@H]1C[C@@H]32)Nc1c(O)cccc14. The number of phenols is 1. The molecule has 7 rings (SSSR count). The molecule has 3 aromatic rings. The Morgan fingerprint density at radius 3 is 2.84 bits per heavy atom. The van der Waals surface area contributed by atoms with Gasteiger partial charge in [0.1, 0.15) is 31.2 Å². The molecule has 6 heteroatoms. The molecule has 1 spiro atoms. The van der Waals surface area contributed by atoms with Crippen LogP contribution in [0.15, 0.2) is 65.4 Å². The smallest absolute Gasteiger partial charge is 0.219 e. The summed E-state index contributed by atoms with van der Waals surface area (Å²) in [6.45, 7) is 6.17. The van der Waals surface area contributed by atoms with Crippen molar-refractivity contribution in [2.24, 2.45) is 13.0 Å². The number of para-hydroxylation sites is 2. The third-order valence-electron chi connectivity index (χ3n) is 10.1. The van der Waals surface area contributed by atoms with Crippen molar-refractivity contribution in [3.63, 3.8) is 0 Å². The standard InChI is InChI=1S/C31H31N3O3/c1-4-19-15-34(16-26(37)28-18(2)33(3)24-10-6-5-8-20(24)28)13-12-31-23-9-7-11-25(36)29(23)32-30(31)22(17-35)21(19)14-27(31)34/h4-11,17,21,27H,12-16H2,1-3H3,(H-,32,35,36)/p+1/b19-4-/t21-,27-,31+,34+/m0/s1. The van der Waals surface area contributed by atoms with E-state index in [2.05, 4.69) is 41.1 Å². The number of Topliss-reactive ketones (excluding diaryl/α,β-unsaturated/α-hetero) is 1. The number of hydrogen-bond acceptors (Lipinski definition) is 4. The molecule has 4 heterocycles. The van der Waals surface area contributed by atoms with Crippen molar-refractivity contribution in [2.75, 3.05) is 25.0 Å². The molecule has 2 aromatic carbocycles. The zero-order chi connectivity index (χ0) is 25.7. The number of aromatic nitrogens is 1. The summed E-state index contributed by atoms with van der Waals surface area (Å²) in [5.74, 6) is 0.458. The lowest BCUT2D eigenvalue weighted by molar-refractivity contribution is -0.934. The fourth-order valence-corrected chi connectivity index (χ4v) is 8.42. The molecule has 2 saturated heterocycles. The molecule has 0 radical (unpaired) electrons. The zero-order valence-corrected chi connectivity index (χ0v) is 21.5. The molecule has 4 aliphatic rings. The summed E-state index contributed by atoms with van der Waals surface area (Å²) < 4.78 is 2.82. The molecule has 0 amide bonds. The Kier molecular flexibility index (Phi) is 4.54. The number of piperidine rings is 1. The second-order valence-electron chi connectivity index (χ2n) is 11.4. The maximum absolute atomic E-state index is 14.2. The average Bonchev–Trinajstić information content (AvgIpc) is 3.51. The van der Waals surface area contributed by atoms with Crippen molar-refractivity contribution in [3.8, 4) is 5.75 Å². The first-order valence-electron chi connectivity index (χ1n) is 13.2. The Balaban J connectivity index is 1.40. The number of benzene rings is 2. The van der Waals surface area contributed by atoms with Crippen LogP contribution in [0, 0.1) is 12.8 Å². The molecule has 1 aromatic heterocycles. The molecule has 4 atom stereocenters. The van der Waals surface area contributed by atoms with Crippen LogP contribution in [0.3, 0.4) is 0 Å². The van der Waals surface area contributed by atoms with E-state index in [9.17, 15) is 14.7 Å². The van der Waals surface area contributed by atoms with Crippen LogP contribution in [0.25, 0.3) is 10.9 Å². The number of allylic oxidation sites excluding steroid dienone is 2. The van der Waals surface area contributed by atoms with Crippen molar-refractivity contribution in [3.05, 3.63) is 82.2 Å². The molecular formula is C31H32N3O3+. The fourth-order valence-electron chi connectivity index (χ4n) is 8.42. The van der Waals surface area contributed by atoms with Gasteiger partial charge in [-0.15, -0.1) is 0 Å². The number of carbonyl (C=O) groups excluding carboxylic acids is 2. The van der Waals surface area contributed by atoms with Gasteiger partial charge in [0.2, 0.25) is 5.78 Å². The number of carbonyl (C=O) groups is 2. The highest BCUT2D eigenvalue weighted by Crippen LogP contribution is 2.64. The van der Waals surface area contributed by atoms with Gasteiger partial charge in [-0.3, -0.25) is 9.59 Å². The minimum Gasteiger partial charge on any atom is -0.506 e. The second kappa shape index (κ2) is 7.45. The number of nitrogens with one attached hydrogen (secondary N) is 1. The van der Waals surface area contributed by atoms with Gasteiger partial charge in [-0.25, -0.2) is 0 Å². The Hall–Kier alpha value is -3.64. The van der Waals surface area contributed by atoms with Gasteiger partial charge < -0.3 is 19.5 Å². The minimum atomic E-state index is -0.381. The highest BCUT2D eigenvalue weighted by atomic mass is 16.3. The molecule has 2 fully saturated rings. The highest BCUT2D eigenvalue weighted by molar-refractivity contribution is 6.10. The van der Waals surface area contributed by atoms with E-state index in [1.807, 2.05) is 32.2 Å². The quantitative estimate of drug-likeness (QED) is 0.180. The predicted octanol–water partition coefficient (Wildman–Crippen LogP) is 4.76. The molecule has 0 unspecified atom stereocenters. The lowest BCUT2D eigenvalue weighted by atomic mass is 9.61. The maximum Gasteiger partial charge on any atom is 0.219 e. The van der Waals surface area contributed by atoms with Crippen LogP contribution in [0.1, 0.15) is 41.4 Å². The number of aryl methyl sites for hydroxylation is 1. The van der Waals surface area contributed by atoms with E-state index in [0.717, 1.165) is 76.9 Å². The Labute approximate surface area is 216 Å². The molecule has 6 nitrogen and oxygen atoms in total. The van der Waals surface area contributed by atoms with Crippen LogP contribution in [0.4, 0.5) is 5.69 Å². The molecule has 2 N–H and O–H groups in total. The van der Waals surface area contributed by atoms with Crippen molar-refractivity contribution in [1.82, 2.24) is 4.57 Å². The summed E-state index contributed by atoms with van der Waals surface area (Å²) in [4.78, 5) is 26.8. The van der Waals surface area contributed by atoms with Gasteiger partial charge in [0.05, 0.1) is 23.2 Å². The number of aromatic hydroxyl groups is 1. The van der Waals surface area contributed by atoms with E-state index in [0.29, 0.717) is 11.0 Å². The van der Waals surface area contributed by atoms with Crippen LogP contribution < -0.4 is 5.32 Å².